The Bertz CT molecular complexity index is 532. The highest BCUT2D eigenvalue weighted by molar-refractivity contribution is 5.67. The van der Waals surface area contributed by atoms with Gasteiger partial charge in [0.15, 0.2) is 0 Å². The molecule has 1 aromatic rings. The van der Waals surface area contributed by atoms with Gasteiger partial charge in [-0.3, -0.25) is 0 Å². The maximum absolute atomic E-state index is 13.3. The topological polar surface area (TPSA) is 56.8 Å². The Labute approximate surface area is 145 Å². The van der Waals surface area contributed by atoms with Gasteiger partial charge >= 0.3 is 6.09 Å². The third-order valence-corrected chi connectivity index (χ3v) is 3.00. The van der Waals surface area contributed by atoms with E-state index in [0.29, 0.717) is 32.1 Å². The monoisotopic (exact) mass is 343 g/mol. The fraction of sp³-hybridized carbons (Fsp3) is 0.611. The summed E-state index contributed by atoms with van der Waals surface area (Å²) in [5.41, 5.74) is 0.445. The number of nitrogens with one attached hydrogen (secondary N) is 1. The van der Waals surface area contributed by atoms with Gasteiger partial charge in [-0.25, -0.2) is 9.18 Å². The van der Waals surface area contributed by atoms with Crippen molar-refractivity contribution in [3.8, 4) is 5.75 Å². The quantitative estimate of drug-likeness (QED) is 0.722. The van der Waals surface area contributed by atoms with Crippen molar-refractivity contribution in [3.05, 3.63) is 29.6 Å². The molecule has 1 amide bonds. The molecule has 0 spiro atoms. The van der Waals surface area contributed by atoms with E-state index in [1.54, 1.807) is 26.8 Å². The minimum atomic E-state index is -0.516. The molecule has 0 bridgehead atoms. The standard InChI is InChI=1S/C18H28FNO4.H2/c1-13(2)15-7-6-14(19)12-16(15)23-11-10-22-9-8-20-17(21)24-18(3,4)5;/h6-7,12-13H,8-11H2,1-5H3,(H,20,21);1H. The van der Waals surface area contributed by atoms with Crippen LogP contribution in [0.2, 0.25) is 0 Å². The number of alkyl carbamates (subject to hydrolysis) is 1. The van der Waals surface area contributed by atoms with Gasteiger partial charge in [-0.15, -0.1) is 0 Å². The largest absolute Gasteiger partial charge is 0.491 e. The lowest BCUT2D eigenvalue weighted by molar-refractivity contribution is 0.0488. The van der Waals surface area contributed by atoms with Crippen LogP contribution in [0.15, 0.2) is 18.2 Å². The number of hydrogen-bond donors (Lipinski definition) is 1. The average molecular weight is 343 g/mol. The molecule has 0 aliphatic heterocycles. The zero-order valence-electron chi connectivity index (χ0n) is 15.1. The molecule has 1 N–H and O–H groups in total. The second-order valence-electron chi connectivity index (χ2n) is 6.73. The molecule has 0 atom stereocenters. The summed E-state index contributed by atoms with van der Waals surface area (Å²) >= 11 is 0. The van der Waals surface area contributed by atoms with E-state index in [2.05, 4.69) is 5.32 Å². The summed E-state index contributed by atoms with van der Waals surface area (Å²) in [5.74, 6) is 0.469. The average Bonchev–Trinajstić information content (AvgIpc) is 2.44. The fourth-order valence-electron chi connectivity index (χ4n) is 1.96. The number of halogens is 1. The van der Waals surface area contributed by atoms with Crippen molar-refractivity contribution < 1.29 is 24.8 Å². The van der Waals surface area contributed by atoms with E-state index < -0.39 is 11.7 Å². The van der Waals surface area contributed by atoms with Crippen LogP contribution in [0.1, 0.15) is 47.5 Å². The van der Waals surface area contributed by atoms with Gasteiger partial charge in [0.05, 0.1) is 13.2 Å². The van der Waals surface area contributed by atoms with Crippen LogP contribution in [0.4, 0.5) is 9.18 Å². The third kappa shape index (κ3) is 8.15. The normalized spacial score (nSPS) is 11.5. The summed E-state index contributed by atoms with van der Waals surface area (Å²) in [6.45, 7) is 10.8. The molecule has 1 rings (SSSR count). The van der Waals surface area contributed by atoms with Crippen molar-refractivity contribution in [2.75, 3.05) is 26.4 Å². The second kappa shape index (κ2) is 9.47. The molecule has 0 aliphatic rings. The van der Waals surface area contributed by atoms with Crippen LogP contribution < -0.4 is 10.1 Å². The molecule has 0 saturated heterocycles. The minimum Gasteiger partial charge on any atom is -0.491 e. The highest BCUT2D eigenvalue weighted by Crippen LogP contribution is 2.27. The fourth-order valence-corrected chi connectivity index (χ4v) is 1.96. The Morgan fingerprint density at radius 2 is 1.96 bits per heavy atom. The SMILES string of the molecule is CC(C)c1ccc(F)cc1OCCOCCNC(=O)OC(C)(C)C.[HH]. The van der Waals surface area contributed by atoms with Crippen molar-refractivity contribution in [1.82, 2.24) is 5.32 Å². The molecule has 0 aliphatic carbocycles. The summed E-state index contributed by atoms with van der Waals surface area (Å²) in [6.07, 6.45) is -0.469. The lowest BCUT2D eigenvalue weighted by Gasteiger charge is -2.19. The Morgan fingerprint density at radius 3 is 2.58 bits per heavy atom. The molecule has 0 radical (unpaired) electrons. The van der Waals surface area contributed by atoms with Crippen LogP contribution >= 0.6 is 0 Å². The van der Waals surface area contributed by atoms with E-state index in [0.717, 1.165) is 5.56 Å². The number of carbonyl (C=O) groups excluding carboxylic acids is 1. The van der Waals surface area contributed by atoms with Gasteiger partial charge in [0.2, 0.25) is 0 Å². The van der Waals surface area contributed by atoms with E-state index in [1.165, 1.54) is 12.1 Å². The Kier molecular flexibility index (Phi) is 7.98. The first-order valence-electron chi connectivity index (χ1n) is 8.16. The Balaban J connectivity index is 0.00000576. The lowest BCUT2D eigenvalue weighted by Crippen LogP contribution is -2.34. The number of carbonyl (C=O) groups is 1. The van der Waals surface area contributed by atoms with E-state index in [4.69, 9.17) is 14.2 Å². The molecule has 1 aromatic carbocycles. The van der Waals surface area contributed by atoms with Crippen molar-refractivity contribution in [3.63, 3.8) is 0 Å². The van der Waals surface area contributed by atoms with Gasteiger partial charge in [0.1, 0.15) is 23.8 Å². The first-order chi connectivity index (χ1) is 11.2. The van der Waals surface area contributed by atoms with Crippen molar-refractivity contribution in [1.29, 1.82) is 0 Å². The molecule has 5 nitrogen and oxygen atoms in total. The van der Waals surface area contributed by atoms with Crippen molar-refractivity contribution in [2.45, 2.75) is 46.1 Å². The first-order valence-corrected chi connectivity index (χ1v) is 8.16. The number of benzene rings is 1. The highest BCUT2D eigenvalue weighted by atomic mass is 19.1. The zero-order valence-corrected chi connectivity index (χ0v) is 15.1. The van der Waals surface area contributed by atoms with Gasteiger partial charge in [-0.05, 0) is 38.3 Å². The molecule has 0 saturated carbocycles. The van der Waals surface area contributed by atoms with Crippen LogP contribution in [0.5, 0.6) is 5.75 Å². The molecule has 6 heteroatoms. The van der Waals surface area contributed by atoms with Crippen LogP contribution in [-0.2, 0) is 9.47 Å². The summed E-state index contributed by atoms with van der Waals surface area (Å²) in [6, 6.07) is 4.56. The summed E-state index contributed by atoms with van der Waals surface area (Å²) in [7, 11) is 0. The molecule has 24 heavy (non-hydrogen) atoms. The maximum Gasteiger partial charge on any atom is 0.407 e. The third-order valence-electron chi connectivity index (χ3n) is 3.00. The maximum atomic E-state index is 13.3. The summed E-state index contributed by atoms with van der Waals surface area (Å²) < 4.78 is 29.4. The van der Waals surface area contributed by atoms with Crippen LogP contribution in [0, 0.1) is 5.82 Å². The molecule has 0 fully saturated rings. The molecular weight excluding hydrogens is 313 g/mol. The van der Waals surface area contributed by atoms with Gasteiger partial charge in [-0.1, -0.05) is 19.9 Å². The Hall–Kier alpha value is -1.82. The predicted octanol–water partition coefficient (Wildman–Crippen LogP) is 4.12. The van der Waals surface area contributed by atoms with E-state index >= 15 is 0 Å². The predicted molar refractivity (Wildman–Crippen MR) is 93.2 cm³/mol. The van der Waals surface area contributed by atoms with Gasteiger partial charge in [-0.2, -0.15) is 0 Å². The number of rotatable bonds is 8. The lowest BCUT2D eigenvalue weighted by atomic mass is 10.0. The van der Waals surface area contributed by atoms with E-state index in [1.807, 2.05) is 13.8 Å². The van der Waals surface area contributed by atoms with E-state index in [-0.39, 0.29) is 13.2 Å². The van der Waals surface area contributed by atoms with Crippen molar-refractivity contribution >= 4 is 6.09 Å². The Morgan fingerprint density at radius 1 is 1.25 bits per heavy atom. The molecule has 0 heterocycles. The number of amides is 1. The van der Waals surface area contributed by atoms with Crippen LogP contribution in [0.3, 0.4) is 0 Å². The number of ether oxygens (including phenoxy) is 3. The van der Waals surface area contributed by atoms with Crippen LogP contribution in [0.25, 0.3) is 0 Å². The first kappa shape index (κ1) is 20.2. The molecule has 0 aromatic heterocycles. The smallest absolute Gasteiger partial charge is 0.407 e. The zero-order chi connectivity index (χ0) is 18.2. The number of hydrogen-bond acceptors (Lipinski definition) is 4. The second-order valence-corrected chi connectivity index (χ2v) is 6.73. The molecule has 0 unspecified atom stereocenters. The summed E-state index contributed by atoms with van der Waals surface area (Å²) in [5, 5.41) is 2.60. The highest BCUT2D eigenvalue weighted by Gasteiger charge is 2.15. The van der Waals surface area contributed by atoms with Gasteiger partial charge < -0.3 is 19.5 Å². The molecule has 138 valence electrons. The summed E-state index contributed by atoms with van der Waals surface area (Å²) in [4.78, 5) is 11.4. The van der Waals surface area contributed by atoms with Gasteiger partial charge in [0.25, 0.3) is 0 Å². The van der Waals surface area contributed by atoms with Crippen molar-refractivity contribution in [2.24, 2.45) is 0 Å². The van der Waals surface area contributed by atoms with Gasteiger partial charge in [0, 0.05) is 14.0 Å². The molecular formula is C18H30FNO4. The van der Waals surface area contributed by atoms with Crippen LogP contribution in [-0.4, -0.2) is 38.1 Å². The van der Waals surface area contributed by atoms with E-state index in [9.17, 15) is 9.18 Å². The minimum absolute atomic E-state index is 0.